The van der Waals surface area contributed by atoms with Gasteiger partial charge in [-0.15, -0.1) is 0 Å². The van der Waals surface area contributed by atoms with Gasteiger partial charge in [0.1, 0.15) is 17.6 Å². The molecule has 5 heteroatoms. The number of nitrogens with one attached hydrogen (secondary N) is 1. The lowest BCUT2D eigenvalue weighted by Crippen LogP contribution is -2.28. The SMILES string of the molecule is CCOc1ccccc1C(Nc1ccc(F)cc1)C(N)=O. The molecule has 0 aliphatic carbocycles. The van der Waals surface area contributed by atoms with Gasteiger partial charge >= 0.3 is 0 Å². The van der Waals surface area contributed by atoms with Crippen LogP contribution in [-0.4, -0.2) is 12.5 Å². The Bertz CT molecular complexity index is 614. The van der Waals surface area contributed by atoms with Gasteiger partial charge in [0.25, 0.3) is 0 Å². The summed E-state index contributed by atoms with van der Waals surface area (Å²) in [7, 11) is 0. The molecule has 1 amide bonds. The second kappa shape index (κ2) is 6.74. The van der Waals surface area contributed by atoms with Crippen molar-refractivity contribution < 1.29 is 13.9 Å². The highest BCUT2D eigenvalue weighted by Crippen LogP contribution is 2.28. The van der Waals surface area contributed by atoms with E-state index in [0.717, 1.165) is 0 Å². The summed E-state index contributed by atoms with van der Waals surface area (Å²) in [6, 6.07) is 12.2. The molecule has 0 aliphatic heterocycles. The summed E-state index contributed by atoms with van der Waals surface area (Å²) in [5, 5.41) is 3.00. The molecule has 0 saturated carbocycles. The molecule has 2 aromatic rings. The second-order valence-electron chi connectivity index (χ2n) is 4.46. The first kappa shape index (κ1) is 14.8. The van der Waals surface area contributed by atoms with Crippen LogP contribution < -0.4 is 15.8 Å². The molecule has 4 nitrogen and oxygen atoms in total. The second-order valence-corrected chi connectivity index (χ2v) is 4.46. The molecule has 0 radical (unpaired) electrons. The lowest BCUT2D eigenvalue weighted by atomic mass is 10.0. The van der Waals surface area contributed by atoms with Gasteiger partial charge in [-0.1, -0.05) is 18.2 Å². The number of para-hydroxylation sites is 1. The van der Waals surface area contributed by atoms with Crippen molar-refractivity contribution in [2.75, 3.05) is 11.9 Å². The van der Waals surface area contributed by atoms with E-state index in [2.05, 4.69) is 5.32 Å². The van der Waals surface area contributed by atoms with Crippen LogP contribution in [-0.2, 0) is 4.79 Å². The molecule has 3 N–H and O–H groups in total. The van der Waals surface area contributed by atoms with Gasteiger partial charge in [0.05, 0.1) is 6.61 Å². The molecular weight excluding hydrogens is 271 g/mol. The fourth-order valence-corrected chi connectivity index (χ4v) is 2.02. The average Bonchev–Trinajstić information content (AvgIpc) is 2.47. The molecule has 0 bridgehead atoms. The summed E-state index contributed by atoms with van der Waals surface area (Å²) >= 11 is 0. The molecule has 0 saturated heterocycles. The average molecular weight is 288 g/mol. The van der Waals surface area contributed by atoms with Gasteiger partial charge in [-0.25, -0.2) is 4.39 Å². The van der Waals surface area contributed by atoms with Crippen molar-refractivity contribution in [3.8, 4) is 5.75 Å². The standard InChI is InChI=1S/C16H17FN2O2/c1-2-21-14-6-4-3-5-13(14)15(16(18)20)19-12-9-7-11(17)8-10-12/h3-10,15,19H,2H2,1H3,(H2,18,20). The molecule has 1 unspecified atom stereocenters. The highest BCUT2D eigenvalue weighted by atomic mass is 19.1. The van der Waals surface area contributed by atoms with E-state index in [0.29, 0.717) is 23.6 Å². The molecule has 0 spiro atoms. The summed E-state index contributed by atoms with van der Waals surface area (Å²) in [5.41, 5.74) is 6.73. The Morgan fingerprint density at radius 1 is 1.24 bits per heavy atom. The van der Waals surface area contributed by atoms with Crippen LogP contribution in [0.5, 0.6) is 5.75 Å². The Kier molecular flexibility index (Phi) is 4.77. The Morgan fingerprint density at radius 2 is 1.90 bits per heavy atom. The fraction of sp³-hybridized carbons (Fsp3) is 0.188. The number of hydrogen-bond donors (Lipinski definition) is 2. The number of carbonyl (C=O) groups excluding carboxylic acids is 1. The highest BCUT2D eigenvalue weighted by molar-refractivity contribution is 5.85. The summed E-state index contributed by atoms with van der Waals surface area (Å²) in [6.45, 7) is 2.35. The number of rotatable bonds is 6. The van der Waals surface area contributed by atoms with E-state index in [1.165, 1.54) is 12.1 Å². The maximum atomic E-state index is 12.9. The summed E-state index contributed by atoms with van der Waals surface area (Å²) in [5.74, 6) is -0.282. The van der Waals surface area contributed by atoms with E-state index in [1.807, 2.05) is 13.0 Å². The van der Waals surface area contributed by atoms with Crippen LogP contribution in [0.1, 0.15) is 18.5 Å². The van der Waals surface area contributed by atoms with Crippen LogP contribution in [0.3, 0.4) is 0 Å². The number of hydrogen-bond acceptors (Lipinski definition) is 3. The Hall–Kier alpha value is -2.56. The number of nitrogens with two attached hydrogens (primary N) is 1. The van der Waals surface area contributed by atoms with Crippen LogP contribution in [0.4, 0.5) is 10.1 Å². The first-order valence-corrected chi connectivity index (χ1v) is 6.65. The van der Waals surface area contributed by atoms with Gasteiger partial charge in [0, 0.05) is 11.3 Å². The molecule has 1 atom stereocenters. The molecule has 2 aromatic carbocycles. The normalized spacial score (nSPS) is 11.7. The number of ether oxygens (including phenoxy) is 1. The first-order chi connectivity index (χ1) is 10.1. The summed E-state index contributed by atoms with van der Waals surface area (Å²) in [4.78, 5) is 11.8. The molecule has 0 heterocycles. The molecule has 0 fully saturated rings. The summed E-state index contributed by atoms with van der Waals surface area (Å²) < 4.78 is 18.4. The minimum atomic E-state index is -0.752. The fourth-order valence-electron chi connectivity index (χ4n) is 2.02. The third kappa shape index (κ3) is 3.72. The zero-order chi connectivity index (χ0) is 15.2. The van der Waals surface area contributed by atoms with Crippen LogP contribution in [0.25, 0.3) is 0 Å². The van der Waals surface area contributed by atoms with Gasteiger partial charge in [-0.3, -0.25) is 4.79 Å². The minimum Gasteiger partial charge on any atom is -0.494 e. The number of halogens is 1. The van der Waals surface area contributed by atoms with Crippen LogP contribution in [0, 0.1) is 5.82 Å². The van der Waals surface area contributed by atoms with Crippen LogP contribution in [0.15, 0.2) is 48.5 Å². The van der Waals surface area contributed by atoms with E-state index in [9.17, 15) is 9.18 Å². The third-order valence-corrected chi connectivity index (χ3v) is 2.97. The van der Waals surface area contributed by atoms with Gasteiger partial charge in [-0.05, 0) is 37.3 Å². The van der Waals surface area contributed by atoms with Crippen molar-refractivity contribution in [2.24, 2.45) is 5.73 Å². The molecular formula is C16H17FN2O2. The Morgan fingerprint density at radius 3 is 2.52 bits per heavy atom. The van der Waals surface area contributed by atoms with Crippen LogP contribution >= 0.6 is 0 Å². The van der Waals surface area contributed by atoms with Crippen molar-refractivity contribution in [3.05, 3.63) is 59.9 Å². The van der Waals surface area contributed by atoms with E-state index in [-0.39, 0.29) is 5.82 Å². The maximum absolute atomic E-state index is 12.9. The van der Waals surface area contributed by atoms with Crippen molar-refractivity contribution in [3.63, 3.8) is 0 Å². The first-order valence-electron chi connectivity index (χ1n) is 6.65. The van der Waals surface area contributed by atoms with Crippen molar-refractivity contribution >= 4 is 11.6 Å². The molecule has 0 aromatic heterocycles. The highest BCUT2D eigenvalue weighted by Gasteiger charge is 2.21. The number of primary amides is 1. The third-order valence-electron chi connectivity index (χ3n) is 2.97. The molecule has 2 rings (SSSR count). The molecule has 21 heavy (non-hydrogen) atoms. The lowest BCUT2D eigenvalue weighted by molar-refractivity contribution is -0.118. The van der Waals surface area contributed by atoms with Gasteiger partial charge in [-0.2, -0.15) is 0 Å². The molecule has 0 aliphatic rings. The quantitative estimate of drug-likeness (QED) is 0.859. The minimum absolute atomic E-state index is 0.342. The van der Waals surface area contributed by atoms with E-state index >= 15 is 0 Å². The molecule has 110 valence electrons. The Labute approximate surface area is 122 Å². The van der Waals surface area contributed by atoms with Gasteiger partial charge < -0.3 is 15.8 Å². The van der Waals surface area contributed by atoms with Crippen molar-refractivity contribution in [1.29, 1.82) is 0 Å². The number of carbonyl (C=O) groups is 1. The van der Waals surface area contributed by atoms with Crippen molar-refractivity contribution in [1.82, 2.24) is 0 Å². The van der Waals surface area contributed by atoms with E-state index in [1.54, 1.807) is 30.3 Å². The summed E-state index contributed by atoms with van der Waals surface area (Å²) in [6.07, 6.45) is 0. The smallest absolute Gasteiger partial charge is 0.244 e. The van der Waals surface area contributed by atoms with Gasteiger partial charge in [0.2, 0.25) is 5.91 Å². The Balaban J connectivity index is 2.31. The topological polar surface area (TPSA) is 64.3 Å². The van der Waals surface area contributed by atoms with Crippen molar-refractivity contribution in [2.45, 2.75) is 13.0 Å². The largest absolute Gasteiger partial charge is 0.494 e. The maximum Gasteiger partial charge on any atom is 0.244 e. The zero-order valence-corrected chi connectivity index (χ0v) is 11.7. The zero-order valence-electron chi connectivity index (χ0n) is 11.7. The lowest BCUT2D eigenvalue weighted by Gasteiger charge is -2.20. The number of amides is 1. The predicted octanol–water partition coefficient (Wildman–Crippen LogP) is 2.86. The number of benzene rings is 2. The van der Waals surface area contributed by atoms with E-state index in [4.69, 9.17) is 10.5 Å². The van der Waals surface area contributed by atoms with E-state index < -0.39 is 11.9 Å². The monoisotopic (exact) mass is 288 g/mol. The van der Waals surface area contributed by atoms with Crippen LogP contribution in [0.2, 0.25) is 0 Å². The predicted molar refractivity (Wildman–Crippen MR) is 79.6 cm³/mol. The number of anilines is 1. The van der Waals surface area contributed by atoms with Gasteiger partial charge in [0.15, 0.2) is 0 Å².